The van der Waals surface area contributed by atoms with Crippen LogP contribution in [0.2, 0.25) is 0 Å². The third-order valence-electron chi connectivity index (χ3n) is 5.96. The number of sulfonamides is 1. The molecule has 40 heavy (non-hydrogen) atoms. The Kier molecular flexibility index (Phi) is 8.75. The number of halogens is 2. The molecule has 0 fully saturated rings. The normalized spacial score (nSPS) is 12.6. The highest BCUT2D eigenvalue weighted by atomic mass is 32.2. The summed E-state index contributed by atoms with van der Waals surface area (Å²) in [6.07, 6.45) is 0. The molecule has 0 saturated heterocycles. The molecule has 0 aromatic heterocycles. The summed E-state index contributed by atoms with van der Waals surface area (Å²) in [5.41, 5.74) is 1.71. The fourth-order valence-corrected chi connectivity index (χ4v) is 4.91. The molecule has 4 amide bonds. The second-order valence-electron chi connectivity index (χ2n) is 8.89. The Labute approximate surface area is 230 Å². The summed E-state index contributed by atoms with van der Waals surface area (Å²) >= 11 is 0. The largest absolute Gasteiger partial charge is 0.329 e. The zero-order valence-electron chi connectivity index (χ0n) is 21.3. The van der Waals surface area contributed by atoms with Crippen molar-refractivity contribution in [3.63, 3.8) is 0 Å². The van der Waals surface area contributed by atoms with Gasteiger partial charge in [-0.2, -0.15) is 0 Å². The number of amides is 4. The van der Waals surface area contributed by atoms with Gasteiger partial charge < -0.3 is 16.0 Å². The van der Waals surface area contributed by atoms with E-state index in [2.05, 4.69) is 16.0 Å². The van der Waals surface area contributed by atoms with Crippen LogP contribution in [0, 0.1) is 18.6 Å². The first-order valence-corrected chi connectivity index (χ1v) is 13.6. The summed E-state index contributed by atoms with van der Waals surface area (Å²) in [5, 5.41) is 7.73. The highest BCUT2D eigenvalue weighted by Crippen LogP contribution is 2.29. The standard InChI is InChI=1S/C29H26F2N4O4S/c1-19-12-15-23(16-13-19)40(38,39)35-29(37)34-27(21-10-6-3-7-11-21)26(20-8-4-2-5-9-20)33-28(36)32-25-17-14-22(30)18-24(25)31/h2-18,26-27H,1H3,(H2,32,33,36)(H2,34,35,37). The molecule has 206 valence electrons. The van der Waals surface area contributed by atoms with Crippen molar-refractivity contribution in [2.24, 2.45) is 0 Å². The lowest BCUT2D eigenvalue weighted by molar-refractivity contribution is 0.232. The fourth-order valence-electron chi connectivity index (χ4n) is 4.00. The van der Waals surface area contributed by atoms with E-state index in [1.54, 1.807) is 79.7 Å². The third kappa shape index (κ3) is 7.20. The Morgan fingerprint density at radius 2 is 1.23 bits per heavy atom. The van der Waals surface area contributed by atoms with Gasteiger partial charge in [0.1, 0.15) is 11.6 Å². The van der Waals surface area contributed by atoms with Crippen molar-refractivity contribution in [1.82, 2.24) is 15.4 Å². The second kappa shape index (κ2) is 12.4. The molecule has 0 aliphatic carbocycles. The van der Waals surface area contributed by atoms with Crippen LogP contribution in [-0.2, 0) is 10.0 Å². The molecule has 4 rings (SSSR count). The van der Waals surface area contributed by atoms with Crippen molar-refractivity contribution >= 4 is 27.8 Å². The monoisotopic (exact) mass is 564 g/mol. The SMILES string of the molecule is Cc1ccc(S(=O)(=O)NC(=O)NC(c2ccccc2)C(NC(=O)Nc2ccc(F)cc2F)c2ccccc2)cc1. The minimum Gasteiger partial charge on any atom is -0.329 e. The van der Waals surface area contributed by atoms with Crippen molar-refractivity contribution in [2.75, 3.05) is 5.32 Å². The molecule has 0 aliphatic rings. The van der Waals surface area contributed by atoms with Gasteiger partial charge >= 0.3 is 12.1 Å². The summed E-state index contributed by atoms with van der Waals surface area (Å²) < 4.78 is 55.2. The van der Waals surface area contributed by atoms with Gasteiger partial charge in [-0.1, -0.05) is 78.4 Å². The van der Waals surface area contributed by atoms with Crippen LogP contribution in [0.25, 0.3) is 0 Å². The van der Waals surface area contributed by atoms with Gasteiger partial charge in [-0.15, -0.1) is 0 Å². The van der Waals surface area contributed by atoms with Gasteiger partial charge in [-0.25, -0.2) is 31.5 Å². The highest BCUT2D eigenvalue weighted by Gasteiger charge is 2.30. The molecule has 0 bridgehead atoms. The lowest BCUT2D eigenvalue weighted by Crippen LogP contribution is -2.46. The lowest BCUT2D eigenvalue weighted by Gasteiger charge is -2.30. The average molecular weight is 565 g/mol. The van der Waals surface area contributed by atoms with Gasteiger partial charge in [-0.05, 0) is 42.3 Å². The van der Waals surface area contributed by atoms with Crippen molar-refractivity contribution in [1.29, 1.82) is 0 Å². The molecule has 0 saturated carbocycles. The molecular weight excluding hydrogens is 538 g/mol. The summed E-state index contributed by atoms with van der Waals surface area (Å²) in [6, 6.07) is 22.2. The summed E-state index contributed by atoms with van der Waals surface area (Å²) in [4.78, 5) is 26.0. The Hall–Kier alpha value is -4.77. The Morgan fingerprint density at radius 1 is 0.700 bits per heavy atom. The van der Waals surface area contributed by atoms with Gasteiger partial charge in [0.2, 0.25) is 0 Å². The second-order valence-corrected chi connectivity index (χ2v) is 10.6. The van der Waals surface area contributed by atoms with Crippen molar-refractivity contribution in [3.05, 3.63) is 131 Å². The van der Waals surface area contributed by atoms with Gasteiger partial charge in [0.25, 0.3) is 10.0 Å². The first-order valence-electron chi connectivity index (χ1n) is 12.1. The first-order chi connectivity index (χ1) is 19.1. The van der Waals surface area contributed by atoms with E-state index in [-0.39, 0.29) is 10.6 Å². The molecule has 4 aromatic rings. The van der Waals surface area contributed by atoms with Crippen LogP contribution in [0.5, 0.6) is 0 Å². The van der Waals surface area contributed by atoms with Crippen LogP contribution < -0.4 is 20.7 Å². The van der Waals surface area contributed by atoms with Gasteiger partial charge in [0, 0.05) is 6.07 Å². The maximum absolute atomic E-state index is 14.2. The van der Waals surface area contributed by atoms with E-state index in [0.717, 1.165) is 17.7 Å². The molecule has 0 spiro atoms. The molecule has 2 unspecified atom stereocenters. The van der Waals surface area contributed by atoms with E-state index in [1.165, 1.54) is 12.1 Å². The number of hydrogen-bond acceptors (Lipinski definition) is 4. The van der Waals surface area contributed by atoms with Crippen LogP contribution in [0.4, 0.5) is 24.1 Å². The predicted octanol–water partition coefficient (Wildman–Crippen LogP) is 5.57. The fraction of sp³-hybridized carbons (Fsp3) is 0.103. The number of nitrogens with one attached hydrogen (secondary N) is 4. The smallest absolute Gasteiger partial charge is 0.329 e. The maximum Gasteiger partial charge on any atom is 0.329 e. The number of anilines is 1. The molecular formula is C29H26F2N4O4S. The van der Waals surface area contributed by atoms with Crippen molar-refractivity contribution in [3.8, 4) is 0 Å². The Balaban J connectivity index is 1.63. The summed E-state index contributed by atoms with van der Waals surface area (Å²) in [5.74, 6) is -1.77. The number of rotatable bonds is 8. The molecule has 0 radical (unpaired) electrons. The van der Waals surface area contributed by atoms with Crippen molar-refractivity contribution < 1.29 is 26.8 Å². The maximum atomic E-state index is 14.2. The van der Waals surface area contributed by atoms with E-state index in [9.17, 15) is 26.8 Å². The van der Waals surface area contributed by atoms with E-state index >= 15 is 0 Å². The Morgan fingerprint density at radius 3 is 1.75 bits per heavy atom. The predicted molar refractivity (Wildman–Crippen MR) is 147 cm³/mol. The minimum absolute atomic E-state index is 0.0945. The summed E-state index contributed by atoms with van der Waals surface area (Å²) in [7, 11) is -4.20. The average Bonchev–Trinajstić information content (AvgIpc) is 2.93. The number of urea groups is 2. The van der Waals surface area contributed by atoms with Crippen LogP contribution in [0.15, 0.2) is 108 Å². The lowest BCUT2D eigenvalue weighted by atomic mass is 9.93. The molecule has 0 heterocycles. The van der Waals surface area contributed by atoms with Gasteiger partial charge in [0.15, 0.2) is 0 Å². The van der Waals surface area contributed by atoms with Gasteiger partial charge in [0.05, 0.1) is 22.7 Å². The van der Waals surface area contributed by atoms with Crippen LogP contribution in [0.3, 0.4) is 0 Å². The molecule has 4 aromatic carbocycles. The van der Waals surface area contributed by atoms with Crippen molar-refractivity contribution in [2.45, 2.75) is 23.9 Å². The number of aryl methyl sites for hydroxylation is 1. The molecule has 11 heteroatoms. The van der Waals surface area contributed by atoms with Crippen LogP contribution in [0.1, 0.15) is 28.8 Å². The third-order valence-corrected chi connectivity index (χ3v) is 7.31. The van der Waals surface area contributed by atoms with Gasteiger partial charge in [-0.3, -0.25) is 0 Å². The summed E-state index contributed by atoms with van der Waals surface area (Å²) in [6.45, 7) is 1.80. The zero-order chi connectivity index (χ0) is 28.7. The first kappa shape index (κ1) is 28.2. The number of benzene rings is 4. The molecule has 8 nitrogen and oxygen atoms in total. The van der Waals surface area contributed by atoms with E-state index in [0.29, 0.717) is 17.2 Å². The molecule has 4 N–H and O–H groups in total. The topological polar surface area (TPSA) is 116 Å². The molecule has 2 atom stereocenters. The quantitative estimate of drug-likeness (QED) is 0.224. The zero-order valence-corrected chi connectivity index (χ0v) is 22.1. The Bertz CT molecular complexity index is 1590. The number of hydrogen-bond donors (Lipinski definition) is 4. The number of carbonyl (C=O) groups excluding carboxylic acids is 2. The van der Waals surface area contributed by atoms with Crippen LogP contribution in [-0.4, -0.2) is 20.5 Å². The van der Waals surface area contributed by atoms with E-state index in [4.69, 9.17) is 0 Å². The van der Waals surface area contributed by atoms with E-state index in [1.807, 2.05) is 4.72 Å². The van der Waals surface area contributed by atoms with E-state index < -0.39 is 45.8 Å². The number of carbonyl (C=O) groups is 2. The molecule has 0 aliphatic heterocycles. The highest BCUT2D eigenvalue weighted by molar-refractivity contribution is 7.90. The minimum atomic E-state index is -4.20. The van der Waals surface area contributed by atoms with Crippen LogP contribution >= 0.6 is 0 Å².